The fourth-order valence-corrected chi connectivity index (χ4v) is 3.28. The van der Waals surface area contributed by atoms with Crippen molar-refractivity contribution < 1.29 is 4.79 Å². The van der Waals surface area contributed by atoms with E-state index in [1.807, 2.05) is 66.7 Å². The number of aromatic amines is 1. The van der Waals surface area contributed by atoms with Gasteiger partial charge in [-0.1, -0.05) is 72.8 Å². The van der Waals surface area contributed by atoms with Gasteiger partial charge in [0.1, 0.15) is 5.82 Å². The van der Waals surface area contributed by atoms with E-state index < -0.39 is 0 Å². The number of rotatable bonds is 6. The van der Waals surface area contributed by atoms with E-state index in [9.17, 15) is 9.59 Å². The van der Waals surface area contributed by atoms with Crippen molar-refractivity contribution in [2.45, 2.75) is 19.6 Å². The molecule has 0 bridgehead atoms. The number of aromatic nitrogens is 2. The lowest BCUT2D eigenvalue weighted by molar-refractivity contribution is 0.190. The highest BCUT2D eigenvalue weighted by molar-refractivity contribution is 5.77. The van der Waals surface area contributed by atoms with E-state index in [4.69, 9.17) is 0 Å². The van der Waals surface area contributed by atoms with Crippen molar-refractivity contribution in [2.75, 3.05) is 0 Å². The van der Waals surface area contributed by atoms with Crippen LogP contribution in [0.1, 0.15) is 17.0 Å². The van der Waals surface area contributed by atoms with E-state index >= 15 is 0 Å². The van der Waals surface area contributed by atoms with Gasteiger partial charge in [-0.05, 0) is 23.3 Å². The van der Waals surface area contributed by atoms with Crippen LogP contribution >= 0.6 is 0 Å². The lowest BCUT2D eigenvalue weighted by Crippen LogP contribution is -2.39. The van der Waals surface area contributed by atoms with E-state index in [1.165, 1.54) is 0 Å². The number of nitrogens with zero attached hydrogens (tertiary/aromatic N) is 2. The molecule has 1 aromatic heterocycles. The Morgan fingerprint density at radius 1 is 0.833 bits per heavy atom. The van der Waals surface area contributed by atoms with Gasteiger partial charge in [0.15, 0.2) is 0 Å². The average Bonchev–Trinajstić information content (AvgIpc) is 2.78. The van der Waals surface area contributed by atoms with Crippen molar-refractivity contribution >= 4 is 16.9 Å². The standard InChI is InChI=1S/C24H22N4O2/c29-23-20-13-7-8-14-21(20)26-22(27-23)17-28(16-19-11-5-2-6-12-19)24(30)25-15-18-9-3-1-4-10-18/h1-14H,15-17H2,(H,25,30)(H,26,27,29). The zero-order valence-corrected chi connectivity index (χ0v) is 16.4. The Labute approximate surface area is 174 Å². The molecule has 2 N–H and O–H groups in total. The zero-order chi connectivity index (χ0) is 20.8. The van der Waals surface area contributed by atoms with Crippen LogP contribution in [-0.4, -0.2) is 20.9 Å². The molecule has 2 amide bonds. The first-order valence-electron chi connectivity index (χ1n) is 9.77. The summed E-state index contributed by atoms with van der Waals surface area (Å²) < 4.78 is 0. The molecule has 0 saturated heterocycles. The van der Waals surface area contributed by atoms with Crippen LogP contribution in [0.3, 0.4) is 0 Å². The largest absolute Gasteiger partial charge is 0.334 e. The Hall–Kier alpha value is -3.93. The van der Waals surface area contributed by atoms with E-state index in [0.29, 0.717) is 29.8 Å². The summed E-state index contributed by atoms with van der Waals surface area (Å²) in [6.07, 6.45) is 0. The zero-order valence-electron chi connectivity index (χ0n) is 16.4. The van der Waals surface area contributed by atoms with E-state index in [0.717, 1.165) is 11.1 Å². The van der Waals surface area contributed by atoms with Gasteiger partial charge in [0, 0.05) is 13.1 Å². The molecule has 4 rings (SSSR count). The third-order valence-electron chi connectivity index (χ3n) is 4.79. The van der Waals surface area contributed by atoms with Crippen LogP contribution in [-0.2, 0) is 19.6 Å². The highest BCUT2D eigenvalue weighted by atomic mass is 16.2. The monoisotopic (exact) mass is 398 g/mol. The van der Waals surface area contributed by atoms with Crippen molar-refractivity contribution in [1.29, 1.82) is 0 Å². The summed E-state index contributed by atoms with van der Waals surface area (Å²) in [6.45, 7) is 1.01. The maximum Gasteiger partial charge on any atom is 0.318 e. The van der Waals surface area contributed by atoms with Gasteiger partial charge < -0.3 is 15.2 Å². The Morgan fingerprint density at radius 3 is 2.20 bits per heavy atom. The SMILES string of the molecule is O=C(NCc1ccccc1)N(Cc1ccccc1)Cc1nc2ccccc2c(=O)[nH]1. The van der Waals surface area contributed by atoms with Crippen LogP contribution < -0.4 is 10.9 Å². The van der Waals surface area contributed by atoms with E-state index in [2.05, 4.69) is 15.3 Å². The summed E-state index contributed by atoms with van der Waals surface area (Å²) in [6, 6.07) is 26.4. The number of benzene rings is 3. The van der Waals surface area contributed by atoms with Gasteiger partial charge in [-0.25, -0.2) is 9.78 Å². The lowest BCUT2D eigenvalue weighted by Gasteiger charge is -2.23. The number of amides is 2. The third kappa shape index (κ3) is 4.72. The molecular weight excluding hydrogens is 376 g/mol. The third-order valence-corrected chi connectivity index (χ3v) is 4.79. The number of H-pyrrole nitrogens is 1. The lowest BCUT2D eigenvalue weighted by atomic mass is 10.2. The van der Waals surface area contributed by atoms with Gasteiger partial charge in [0.05, 0.1) is 17.4 Å². The van der Waals surface area contributed by atoms with Crippen LogP contribution in [0.15, 0.2) is 89.7 Å². The Balaban J connectivity index is 1.56. The first kappa shape index (κ1) is 19.4. The van der Waals surface area contributed by atoms with Crippen molar-refractivity contribution in [2.24, 2.45) is 0 Å². The minimum absolute atomic E-state index is 0.190. The molecule has 4 aromatic rings. The van der Waals surface area contributed by atoms with Gasteiger partial charge in [0.25, 0.3) is 5.56 Å². The smallest absolute Gasteiger partial charge is 0.318 e. The minimum Gasteiger partial charge on any atom is -0.334 e. The molecule has 0 atom stereocenters. The van der Waals surface area contributed by atoms with Crippen LogP contribution in [0.4, 0.5) is 4.79 Å². The molecule has 6 nitrogen and oxygen atoms in total. The second kappa shape index (κ2) is 9.05. The number of urea groups is 1. The Kier molecular flexibility index (Phi) is 5.85. The number of fused-ring (bicyclic) bond motifs is 1. The minimum atomic E-state index is -0.224. The van der Waals surface area contributed by atoms with E-state index in [1.54, 1.807) is 23.1 Å². The first-order valence-corrected chi connectivity index (χ1v) is 9.77. The molecule has 30 heavy (non-hydrogen) atoms. The molecule has 0 radical (unpaired) electrons. The van der Waals surface area contributed by atoms with Gasteiger partial charge >= 0.3 is 6.03 Å². The number of nitrogens with one attached hydrogen (secondary N) is 2. The summed E-state index contributed by atoms with van der Waals surface area (Å²) in [5, 5.41) is 3.49. The summed E-state index contributed by atoms with van der Waals surface area (Å²) in [5.74, 6) is 0.449. The molecule has 0 unspecified atom stereocenters. The summed E-state index contributed by atoms with van der Waals surface area (Å²) in [4.78, 5) is 34.4. The fourth-order valence-electron chi connectivity index (χ4n) is 3.28. The maximum atomic E-state index is 13.0. The molecular formula is C24H22N4O2. The van der Waals surface area contributed by atoms with Crippen LogP contribution in [0.5, 0.6) is 0 Å². The quantitative estimate of drug-likeness (QED) is 0.518. The number of hydrogen-bond acceptors (Lipinski definition) is 3. The van der Waals surface area contributed by atoms with E-state index in [-0.39, 0.29) is 18.1 Å². The number of carbonyl (C=O) groups is 1. The van der Waals surface area contributed by atoms with Crippen LogP contribution in [0.2, 0.25) is 0 Å². The van der Waals surface area contributed by atoms with Gasteiger partial charge in [-0.3, -0.25) is 4.79 Å². The van der Waals surface area contributed by atoms with Crippen LogP contribution in [0.25, 0.3) is 10.9 Å². The second-order valence-electron chi connectivity index (χ2n) is 7.02. The molecule has 0 fully saturated rings. The van der Waals surface area contributed by atoms with Crippen molar-refractivity contribution in [3.8, 4) is 0 Å². The van der Waals surface area contributed by atoms with Crippen molar-refractivity contribution in [3.05, 3.63) is 112 Å². The van der Waals surface area contributed by atoms with Gasteiger partial charge in [0.2, 0.25) is 0 Å². The predicted octanol–water partition coefficient (Wildman–Crippen LogP) is 3.84. The Bertz CT molecular complexity index is 1190. The topological polar surface area (TPSA) is 78.1 Å². The number of para-hydroxylation sites is 1. The number of carbonyl (C=O) groups excluding carboxylic acids is 1. The molecule has 0 aliphatic carbocycles. The Morgan fingerprint density at radius 2 is 1.47 bits per heavy atom. The molecule has 6 heteroatoms. The summed E-state index contributed by atoms with van der Waals surface area (Å²) in [5.41, 5.74) is 2.42. The predicted molar refractivity (Wildman–Crippen MR) is 117 cm³/mol. The van der Waals surface area contributed by atoms with Crippen LogP contribution in [0, 0.1) is 0 Å². The highest BCUT2D eigenvalue weighted by Gasteiger charge is 2.16. The maximum absolute atomic E-state index is 13.0. The van der Waals surface area contributed by atoms with Gasteiger partial charge in [-0.2, -0.15) is 0 Å². The summed E-state index contributed by atoms with van der Waals surface area (Å²) >= 11 is 0. The molecule has 150 valence electrons. The summed E-state index contributed by atoms with van der Waals surface area (Å²) in [7, 11) is 0. The molecule has 0 aliphatic rings. The highest BCUT2D eigenvalue weighted by Crippen LogP contribution is 2.11. The number of hydrogen-bond donors (Lipinski definition) is 2. The van der Waals surface area contributed by atoms with Gasteiger partial charge in [-0.15, -0.1) is 0 Å². The molecule has 0 saturated carbocycles. The molecule has 0 spiro atoms. The molecule has 3 aromatic carbocycles. The normalized spacial score (nSPS) is 10.7. The first-order chi connectivity index (χ1) is 14.7. The average molecular weight is 398 g/mol. The molecule has 0 aliphatic heterocycles. The molecule has 1 heterocycles. The van der Waals surface area contributed by atoms with Crippen molar-refractivity contribution in [1.82, 2.24) is 20.2 Å². The second-order valence-corrected chi connectivity index (χ2v) is 7.02. The van der Waals surface area contributed by atoms with Crippen molar-refractivity contribution in [3.63, 3.8) is 0 Å². The fraction of sp³-hybridized carbons (Fsp3) is 0.125.